The average molecular weight is 415 g/mol. The summed E-state index contributed by atoms with van der Waals surface area (Å²) < 4.78 is 5.57. The first kappa shape index (κ1) is 20.5. The van der Waals surface area contributed by atoms with E-state index in [2.05, 4.69) is 20.3 Å². The van der Waals surface area contributed by atoms with Crippen LogP contribution in [-0.4, -0.2) is 26.5 Å². The smallest absolute Gasteiger partial charge is 0.256 e. The molecule has 2 heterocycles. The number of nitrogens with zero attached hydrogens (tertiary/aromatic N) is 3. The number of aromatic nitrogens is 4. The van der Waals surface area contributed by atoms with E-state index >= 15 is 0 Å². The van der Waals surface area contributed by atoms with Gasteiger partial charge in [0.25, 0.3) is 5.56 Å². The number of nitrogens with one attached hydrogen (secondary N) is 2. The zero-order chi connectivity index (χ0) is 21.8. The van der Waals surface area contributed by atoms with Gasteiger partial charge in [0.1, 0.15) is 5.75 Å². The lowest BCUT2D eigenvalue weighted by atomic mass is 10.0. The summed E-state index contributed by atoms with van der Waals surface area (Å²) in [6, 6.07) is 15.4. The molecular weight excluding hydrogens is 390 g/mol. The van der Waals surface area contributed by atoms with Crippen LogP contribution in [-0.2, 0) is 6.42 Å². The number of aryl methyl sites for hydroxylation is 1. The van der Waals surface area contributed by atoms with Crippen molar-refractivity contribution >= 4 is 22.8 Å². The molecule has 0 spiro atoms. The van der Waals surface area contributed by atoms with Gasteiger partial charge < -0.3 is 4.74 Å². The van der Waals surface area contributed by atoms with E-state index in [-0.39, 0.29) is 5.56 Å². The van der Waals surface area contributed by atoms with Crippen LogP contribution in [0.15, 0.2) is 53.3 Å². The van der Waals surface area contributed by atoms with E-state index in [1.165, 1.54) is 0 Å². The van der Waals surface area contributed by atoms with Gasteiger partial charge in [-0.3, -0.25) is 15.1 Å². The maximum Gasteiger partial charge on any atom is 0.256 e. The third-order valence-corrected chi connectivity index (χ3v) is 4.96. The van der Waals surface area contributed by atoms with E-state index in [1.54, 1.807) is 0 Å². The minimum Gasteiger partial charge on any atom is -0.494 e. The molecule has 2 aromatic carbocycles. The van der Waals surface area contributed by atoms with Crippen LogP contribution < -0.4 is 15.6 Å². The first-order valence-corrected chi connectivity index (χ1v) is 10.5. The predicted octanol–water partition coefficient (Wildman–Crippen LogP) is 4.78. The number of fused-ring (bicyclic) bond motifs is 1. The zero-order valence-electron chi connectivity index (χ0n) is 17.9. The van der Waals surface area contributed by atoms with Crippen molar-refractivity contribution in [3.8, 4) is 17.0 Å². The van der Waals surface area contributed by atoms with Crippen LogP contribution in [0.5, 0.6) is 5.75 Å². The Kier molecular flexibility index (Phi) is 5.93. The molecule has 158 valence electrons. The van der Waals surface area contributed by atoms with E-state index in [4.69, 9.17) is 9.72 Å². The number of H-pyrrole nitrogens is 1. The number of ether oxygens (including phenoxy) is 1. The van der Waals surface area contributed by atoms with Crippen molar-refractivity contribution in [2.75, 3.05) is 11.9 Å². The summed E-state index contributed by atoms with van der Waals surface area (Å²) >= 11 is 0. The van der Waals surface area contributed by atoms with Gasteiger partial charge in [-0.05, 0) is 38.5 Å². The predicted molar refractivity (Wildman–Crippen MR) is 123 cm³/mol. The molecule has 0 radical (unpaired) electrons. The highest BCUT2D eigenvalue weighted by molar-refractivity contribution is 5.83. The molecule has 4 aromatic rings. The minimum atomic E-state index is -0.155. The Morgan fingerprint density at radius 2 is 1.84 bits per heavy atom. The normalized spacial score (nSPS) is 10.9. The van der Waals surface area contributed by atoms with Crippen LogP contribution >= 0.6 is 0 Å². The second kappa shape index (κ2) is 8.95. The maximum atomic E-state index is 12.8. The molecule has 0 atom stereocenters. The van der Waals surface area contributed by atoms with E-state index in [1.807, 2.05) is 69.3 Å². The first-order valence-electron chi connectivity index (χ1n) is 10.5. The van der Waals surface area contributed by atoms with Crippen molar-refractivity contribution in [2.45, 2.75) is 33.6 Å². The molecule has 0 aliphatic heterocycles. The summed E-state index contributed by atoms with van der Waals surface area (Å²) in [5.74, 6) is 1.47. The molecule has 0 aliphatic carbocycles. The van der Waals surface area contributed by atoms with Crippen molar-refractivity contribution in [3.05, 3.63) is 70.1 Å². The van der Waals surface area contributed by atoms with Gasteiger partial charge in [0.2, 0.25) is 11.9 Å². The van der Waals surface area contributed by atoms with Gasteiger partial charge in [0.05, 0.1) is 23.5 Å². The highest BCUT2D eigenvalue weighted by Crippen LogP contribution is 2.25. The third-order valence-electron chi connectivity index (χ3n) is 4.96. The molecule has 2 N–H and O–H groups in total. The monoisotopic (exact) mass is 415 g/mol. The molecule has 7 heteroatoms. The van der Waals surface area contributed by atoms with E-state index < -0.39 is 0 Å². The number of aromatic amines is 1. The molecule has 0 bridgehead atoms. The zero-order valence-corrected chi connectivity index (χ0v) is 17.9. The molecule has 0 aliphatic rings. The maximum absolute atomic E-state index is 12.8. The Balaban J connectivity index is 1.74. The van der Waals surface area contributed by atoms with Crippen LogP contribution in [0.3, 0.4) is 0 Å². The van der Waals surface area contributed by atoms with Gasteiger partial charge >= 0.3 is 0 Å². The SMILES string of the molecule is CCCc1c(-c2ccccc2)nc(Nc2nc(C)c3cc(OCC)ccc3n2)[nH]c1=O. The summed E-state index contributed by atoms with van der Waals surface area (Å²) in [7, 11) is 0. The lowest BCUT2D eigenvalue weighted by molar-refractivity contribution is 0.340. The molecule has 4 rings (SSSR count). The van der Waals surface area contributed by atoms with Crippen molar-refractivity contribution in [1.29, 1.82) is 0 Å². The van der Waals surface area contributed by atoms with Gasteiger partial charge in [-0.2, -0.15) is 0 Å². The molecule has 0 fully saturated rings. The van der Waals surface area contributed by atoms with Gasteiger partial charge in [0, 0.05) is 16.5 Å². The first-order chi connectivity index (χ1) is 15.1. The van der Waals surface area contributed by atoms with Crippen molar-refractivity contribution in [1.82, 2.24) is 19.9 Å². The van der Waals surface area contributed by atoms with Crippen LogP contribution in [0.2, 0.25) is 0 Å². The largest absolute Gasteiger partial charge is 0.494 e. The fraction of sp³-hybridized carbons (Fsp3) is 0.250. The Morgan fingerprint density at radius 1 is 1.03 bits per heavy atom. The summed E-state index contributed by atoms with van der Waals surface area (Å²) in [5, 5.41) is 3.99. The number of benzene rings is 2. The number of rotatable bonds is 7. The summed E-state index contributed by atoms with van der Waals surface area (Å²) in [5.41, 5.74) is 3.69. The van der Waals surface area contributed by atoms with E-state index in [9.17, 15) is 4.79 Å². The second-order valence-electron chi connectivity index (χ2n) is 7.23. The highest BCUT2D eigenvalue weighted by Gasteiger charge is 2.14. The molecule has 31 heavy (non-hydrogen) atoms. The Labute approximate surface area is 180 Å². The number of anilines is 2. The number of hydrogen-bond donors (Lipinski definition) is 2. The van der Waals surface area contributed by atoms with E-state index in [0.29, 0.717) is 36.2 Å². The van der Waals surface area contributed by atoms with Crippen molar-refractivity contribution in [3.63, 3.8) is 0 Å². The van der Waals surface area contributed by atoms with Gasteiger partial charge in [0.15, 0.2) is 0 Å². The third kappa shape index (κ3) is 4.40. The molecule has 2 aromatic heterocycles. The lowest BCUT2D eigenvalue weighted by Gasteiger charge is -2.12. The molecule has 0 unspecified atom stereocenters. The average Bonchev–Trinajstić information content (AvgIpc) is 2.77. The molecule has 7 nitrogen and oxygen atoms in total. The minimum absolute atomic E-state index is 0.155. The quantitative estimate of drug-likeness (QED) is 0.451. The standard InChI is InChI=1S/C24H25N5O2/c1-4-9-18-21(16-10-7-6-8-11-16)27-24(28-22(18)30)29-23-25-15(3)19-14-17(31-5-2)12-13-20(19)26-23/h6-8,10-14H,4-5,9H2,1-3H3,(H2,25,26,27,28,29,30). The molecule has 0 saturated carbocycles. The van der Waals surface area contributed by atoms with Crippen molar-refractivity contribution in [2.24, 2.45) is 0 Å². The molecular formula is C24H25N5O2. The fourth-order valence-electron chi connectivity index (χ4n) is 3.55. The molecule has 0 saturated heterocycles. The topological polar surface area (TPSA) is 92.8 Å². The Morgan fingerprint density at radius 3 is 2.58 bits per heavy atom. The number of hydrogen-bond acceptors (Lipinski definition) is 6. The second-order valence-corrected chi connectivity index (χ2v) is 7.23. The van der Waals surface area contributed by atoms with Gasteiger partial charge in [-0.1, -0.05) is 43.7 Å². The van der Waals surface area contributed by atoms with E-state index in [0.717, 1.165) is 34.3 Å². The van der Waals surface area contributed by atoms with Gasteiger partial charge in [-0.25, -0.2) is 15.0 Å². The Hall–Kier alpha value is -3.74. The van der Waals surface area contributed by atoms with Crippen LogP contribution in [0, 0.1) is 6.92 Å². The lowest BCUT2D eigenvalue weighted by Crippen LogP contribution is -2.18. The van der Waals surface area contributed by atoms with Crippen LogP contribution in [0.4, 0.5) is 11.9 Å². The summed E-state index contributed by atoms with van der Waals surface area (Å²) in [4.78, 5) is 29.5. The Bertz CT molecular complexity index is 1270. The molecule has 0 amide bonds. The van der Waals surface area contributed by atoms with Crippen molar-refractivity contribution < 1.29 is 4.74 Å². The summed E-state index contributed by atoms with van der Waals surface area (Å²) in [6.45, 7) is 6.51. The fourth-order valence-corrected chi connectivity index (χ4v) is 3.55. The van der Waals surface area contributed by atoms with Gasteiger partial charge in [-0.15, -0.1) is 0 Å². The van der Waals surface area contributed by atoms with Crippen LogP contribution in [0.1, 0.15) is 31.5 Å². The summed E-state index contributed by atoms with van der Waals surface area (Å²) in [6.07, 6.45) is 1.51. The van der Waals surface area contributed by atoms with Crippen LogP contribution in [0.25, 0.3) is 22.2 Å². The highest BCUT2D eigenvalue weighted by atomic mass is 16.5.